The molecule has 5 atom stereocenters. The topological polar surface area (TPSA) is 110 Å². The summed E-state index contributed by atoms with van der Waals surface area (Å²) in [6, 6.07) is 31.4. The molecule has 2 aliphatic rings. The number of esters is 1. The second-order valence-corrected chi connectivity index (χ2v) is 11.2. The van der Waals surface area contributed by atoms with Crippen LogP contribution in [0.15, 0.2) is 109 Å². The summed E-state index contributed by atoms with van der Waals surface area (Å²) in [6.45, 7) is 1.41. The highest BCUT2D eigenvalue weighted by atomic mass is 16.7. The zero-order valence-corrected chi connectivity index (χ0v) is 26.0. The third-order valence-corrected chi connectivity index (χ3v) is 8.07. The molecule has 0 bridgehead atoms. The van der Waals surface area contributed by atoms with Gasteiger partial charge in [-0.25, -0.2) is 0 Å². The summed E-state index contributed by atoms with van der Waals surface area (Å²) >= 11 is 0. The van der Waals surface area contributed by atoms with Crippen LogP contribution in [0.4, 0.5) is 0 Å². The lowest BCUT2D eigenvalue weighted by atomic mass is 9.94. The van der Waals surface area contributed by atoms with E-state index in [9.17, 15) is 14.4 Å². The number of carbonyl (C=O) groups is 3. The maximum Gasteiger partial charge on any atom is 0.302 e. The van der Waals surface area contributed by atoms with Gasteiger partial charge >= 0.3 is 5.97 Å². The molecule has 10 nitrogen and oxygen atoms in total. The first-order chi connectivity index (χ1) is 22.9. The van der Waals surface area contributed by atoms with Crippen LogP contribution in [0.2, 0.25) is 0 Å². The first kappa shape index (κ1) is 31.9. The largest absolute Gasteiger partial charge is 0.497 e. The molecule has 0 saturated carbocycles. The number of benzene rings is 4. The van der Waals surface area contributed by atoms with Crippen LogP contribution in [0.1, 0.15) is 38.8 Å². The molecule has 0 aliphatic carbocycles. The van der Waals surface area contributed by atoms with E-state index < -0.39 is 48.4 Å². The van der Waals surface area contributed by atoms with Crippen LogP contribution >= 0.6 is 0 Å². The molecule has 2 amide bonds. The van der Waals surface area contributed by atoms with E-state index in [0.29, 0.717) is 11.5 Å². The molecule has 0 unspecified atom stereocenters. The Kier molecular flexibility index (Phi) is 9.92. The van der Waals surface area contributed by atoms with E-state index in [0.717, 1.165) is 16.0 Å². The number of rotatable bonds is 12. The first-order valence-electron chi connectivity index (χ1n) is 15.3. The highest BCUT2D eigenvalue weighted by molar-refractivity contribution is 6.21. The summed E-state index contributed by atoms with van der Waals surface area (Å²) in [5.41, 5.74) is 2.29. The minimum Gasteiger partial charge on any atom is -0.497 e. The Hall–Kier alpha value is -5.03. The van der Waals surface area contributed by atoms with Crippen LogP contribution in [0.3, 0.4) is 0 Å². The molecule has 2 heterocycles. The van der Waals surface area contributed by atoms with E-state index in [4.69, 9.17) is 28.4 Å². The van der Waals surface area contributed by atoms with E-state index in [1.807, 2.05) is 60.7 Å². The van der Waals surface area contributed by atoms with Crippen molar-refractivity contribution in [1.82, 2.24) is 4.90 Å². The lowest BCUT2D eigenvalue weighted by Crippen LogP contribution is -2.67. The molecular formula is C37H35NO9. The predicted octanol–water partition coefficient (Wildman–Crippen LogP) is 5.20. The van der Waals surface area contributed by atoms with E-state index in [-0.39, 0.29) is 30.9 Å². The van der Waals surface area contributed by atoms with E-state index >= 15 is 0 Å². The van der Waals surface area contributed by atoms with Crippen molar-refractivity contribution < 1.29 is 42.8 Å². The average Bonchev–Trinajstić information content (AvgIpc) is 3.35. The number of hydrogen-bond acceptors (Lipinski definition) is 9. The van der Waals surface area contributed by atoms with E-state index in [2.05, 4.69) is 0 Å². The van der Waals surface area contributed by atoms with Crippen LogP contribution in [0.5, 0.6) is 11.5 Å². The molecule has 0 spiro atoms. The minimum atomic E-state index is -1.23. The standard InChI is InChI=1S/C37H35NO9/c1-24(39)43-23-31-33(44-21-25-11-5-3-6-12-25)34(45-22-26-13-7-4-8-14-26)32(37(47-31)46-28-19-17-27(42-2)18-20-28)38-35(40)29-15-9-10-16-30(29)36(38)41/h3-20,31-34,37H,21-23H2,1-2H3/t31-,32+,33-,34-,37+/m1/s1. The van der Waals surface area contributed by atoms with Gasteiger partial charge in [-0.05, 0) is 47.5 Å². The highest BCUT2D eigenvalue weighted by Crippen LogP contribution is 2.37. The second kappa shape index (κ2) is 14.6. The molecule has 4 aromatic carbocycles. The van der Waals surface area contributed by atoms with Gasteiger partial charge in [-0.15, -0.1) is 0 Å². The molecule has 0 N–H and O–H groups in total. The van der Waals surface area contributed by atoms with Gasteiger partial charge in [-0.3, -0.25) is 19.3 Å². The van der Waals surface area contributed by atoms with E-state index in [1.54, 1.807) is 55.6 Å². The van der Waals surface area contributed by atoms with Gasteiger partial charge in [0, 0.05) is 6.92 Å². The minimum absolute atomic E-state index is 0.131. The van der Waals surface area contributed by atoms with Crippen molar-refractivity contribution in [2.75, 3.05) is 13.7 Å². The van der Waals surface area contributed by atoms with Gasteiger partial charge in [0.2, 0.25) is 6.29 Å². The second-order valence-electron chi connectivity index (χ2n) is 11.2. The predicted molar refractivity (Wildman–Crippen MR) is 170 cm³/mol. The van der Waals surface area contributed by atoms with E-state index in [1.165, 1.54) is 6.92 Å². The molecule has 2 aliphatic heterocycles. The number of imide groups is 1. The zero-order chi connectivity index (χ0) is 32.8. The number of ether oxygens (including phenoxy) is 6. The zero-order valence-electron chi connectivity index (χ0n) is 26.0. The number of amides is 2. The van der Waals surface area contributed by atoms with Crippen LogP contribution in [-0.2, 0) is 37.0 Å². The SMILES string of the molecule is COc1ccc(O[C@H]2O[C@H](COC(C)=O)[C@@H](OCc3ccccc3)[C@H](OCc3ccccc3)[C@@H]2N2C(=O)c3ccccc3C2=O)cc1. The summed E-state index contributed by atoms with van der Waals surface area (Å²) in [5, 5.41) is 0. The van der Waals surface area contributed by atoms with Crippen molar-refractivity contribution in [3.05, 3.63) is 131 Å². The fourth-order valence-corrected chi connectivity index (χ4v) is 5.79. The lowest BCUT2D eigenvalue weighted by molar-refractivity contribution is -0.277. The molecule has 1 fully saturated rings. The van der Waals surface area contributed by atoms with Crippen LogP contribution < -0.4 is 9.47 Å². The number of hydrogen-bond donors (Lipinski definition) is 0. The van der Waals surface area contributed by atoms with Gasteiger partial charge in [-0.1, -0.05) is 72.8 Å². The molecule has 47 heavy (non-hydrogen) atoms. The Labute approximate surface area is 272 Å². The summed E-state index contributed by atoms with van der Waals surface area (Å²) in [4.78, 5) is 41.1. The lowest BCUT2D eigenvalue weighted by Gasteiger charge is -2.48. The van der Waals surface area contributed by atoms with Gasteiger partial charge in [0.25, 0.3) is 11.8 Å². The van der Waals surface area contributed by atoms with Crippen molar-refractivity contribution in [3.63, 3.8) is 0 Å². The quantitative estimate of drug-likeness (QED) is 0.153. The van der Waals surface area contributed by atoms with Crippen LogP contribution in [0.25, 0.3) is 0 Å². The van der Waals surface area contributed by atoms with Crippen LogP contribution in [-0.4, -0.2) is 67.0 Å². The Balaban J connectivity index is 1.43. The fourth-order valence-electron chi connectivity index (χ4n) is 5.79. The van der Waals surface area contributed by atoms with Crippen molar-refractivity contribution >= 4 is 17.8 Å². The van der Waals surface area contributed by atoms with Gasteiger partial charge < -0.3 is 28.4 Å². The fraction of sp³-hybridized carbons (Fsp3) is 0.270. The Morgan fingerprint density at radius 1 is 0.702 bits per heavy atom. The summed E-state index contributed by atoms with van der Waals surface area (Å²) in [6.07, 6.45) is -4.00. The molecule has 242 valence electrons. The molecular weight excluding hydrogens is 602 g/mol. The number of fused-ring (bicyclic) bond motifs is 1. The highest BCUT2D eigenvalue weighted by Gasteiger charge is 2.56. The Morgan fingerprint density at radius 2 is 1.21 bits per heavy atom. The number of methoxy groups -OCH3 is 1. The van der Waals surface area contributed by atoms with Crippen molar-refractivity contribution in [1.29, 1.82) is 0 Å². The normalized spacial score (nSPS) is 22.1. The van der Waals surface area contributed by atoms with Gasteiger partial charge in [-0.2, -0.15) is 0 Å². The Bertz CT molecular complexity index is 1640. The average molecular weight is 638 g/mol. The molecule has 0 aromatic heterocycles. The third-order valence-electron chi connectivity index (χ3n) is 8.07. The molecule has 4 aromatic rings. The smallest absolute Gasteiger partial charge is 0.302 e. The number of nitrogens with zero attached hydrogens (tertiary/aromatic N) is 1. The maximum absolute atomic E-state index is 14.0. The maximum atomic E-state index is 14.0. The summed E-state index contributed by atoms with van der Waals surface area (Å²) in [5.74, 6) is -0.501. The van der Waals surface area contributed by atoms with Gasteiger partial charge in [0.1, 0.15) is 42.5 Å². The van der Waals surface area contributed by atoms with Gasteiger partial charge in [0.05, 0.1) is 31.5 Å². The monoisotopic (exact) mass is 637 g/mol. The van der Waals surface area contributed by atoms with Crippen LogP contribution in [0, 0.1) is 0 Å². The van der Waals surface area contributed by atoms with Gasteiger partial charge in [0.15, 0.2) is 0 Å². The molecule has 1 saturated heterocycles. The summed E-state index contributed by atoms with van der Waals surface area (Å²) < 4.78 is 36.8. The summed E-state index contributed by atoms with van der Waals surface area (Å²) in [7, 11) is 1.56. The molecule has 6 rings (SSSR count). The molecule has 10 heteroatoms. The number of carbonyl (C=O) groups excluding carboxylic acids is 3. The third kappa shape index (κ3) is 7.20. The van der Waals surface area contributed by atoms with Crippen molar-refractivity contribution in [2.45, 2.75) is 50.8 Å². The molecule has 0 radical (unpaired) electrons. The van der Waals surface area contributed by atoms with Crippen molar-refractivity contribution in [3.8, 4) is 11.5 Å². The Morgan fingerprint density at radius 3 is 1.74 bits per heavy atom. The van der Waals surface area contributed by atoms with Crippen molar-refractivity contribution in [2.24, 2.45) is 0 Å². The first-order valence-corrected chi connectivity index (χ1v) is 15.3.